The zero-order valence-electron chi connectivity index (χ0n) is 17.6. The number of hydrogen-bond acceptors (Lipinski definition) is 6. The Morgan fingerprint density at radius 1 is 1.06 bits per heavy atom. The number of carbonyl (C=O) groups is 1. The average Bonchev–Trinajstić information content (AvgIpc) is 3.47. The largest absolute Gasteiger partial charge is 0.463 e. The molecule has 4 aromatic rings. The molecule has 33 heavy (non-hydrogen) atoms. The Labute approximate surface area is 188 Å². The standard InChI is InChI=1S/C24H19FN4O4/c1-2-31-24-27-22(15-3-6-17(25)7-4-15)29(28-24)19-10-8-18(9-11-19)26-23(30)16-5-12-20-21(13-16)33-14-32-20/h3-13H,2,14H2,1H3,(H,26,30). The molecule has 0 radical (unpaired) electrons. The van der Waals surface area contributed by atoms with Crippen molar-refractivity contribution in [2.75, 3.05) is 18.7 Å². The van der Waals surface area contributed by atoms with Gasteiger partial charge in [0.1, 0.15) is 5.82 Å². The summed E-state index contributed by atoms with van der Waals surface area (Å²) in [7, 11) is 0. The number of amides is 1. The Balaban J connectivity index is 1.39. The Morgan fingerprint density at radius 2 is 1.82 bits per heavy atom. The van der Waals surface area contributed by atoms with E-state index in [0.29, 0.717) is 46.4 Å². The molecule has 1 N–H and O–H groups in total. The van der Waals surface area contributed by atoms with E-state index in [1.54, 1.807) is 59.3 Å². The maximum atomic E-state index is 13.4. The Kier molecular flexibility index (Phi) is 5.35. The molecule has 2 heterocycles. The van der Waals surface area contributed by atoms with Gasteiger partial charge in [0.05, 0.1) is 12.3 Å². The second kappa shape index (κ2) is 8.62. The van der Waals surface area contributed by atoms with Gasteiger partial charge in [0.15, 0.2) is 17.3 Å². The highest BCUT2D eigenvalue weighted by atomic mass is 19.1. The topological polar surface area (TPSA) is 87.5 Å². The van der Waals surface area contributed by atoms with Crippen LogP contribution in [-0.4, -0.2) is 34.1 Å². The molecule has 0 aliphatic carbocycles. The Hall–Kier alpha value is -4.40. The van der Waals surface area contributed by atoms with Crippen LogP contribution in [0.15, 0.2) is 66.7 Å². The Bertz CT molecular complexity index is 1300. The van der Waals surface area contributed by atoms with Gasteiger partial charge in [-0.3, -0.25) is 4.79 Å². The van der Waals surface area contributed by atoms with Crippen LogP contribution in [0.5, 0.6) is 17.5 Å². The fraction of sp³-hybridized carbons (Fsp3) is 0.125. The average molecular weight is 446 g/mol. The van der Waals surface area contributed by atoms with Crippen molar-refractivity contribution in [1.82, 2.24) is 14.8 Å². The summed E-state index contributed by atoms with van der Waals surface area (Å²) in [6.45, 7) is 2.41. The van der Waals surface area contributed by atoms with E-state index in [1.807, 2.05) is 6.92 Å². The van der Waals surface area contributed by atoms with Crippen molar-refractivity contribution in [2.45, 2.75) is 6.92 Å². The second-order valence-electron chi connectivity index (χ2n) is 7.14. The molecule has 1 aliphatic heterocycles. The van der Waals surface area contributed by atoms with Gasteiger partial charge in [0, 0.05) is 16.8 Å². The minimum atomic E-state index is -0.336. The monoisotopic (exact) mass is 446 g/mol. The fourth-order valence-electron chi connectivity index (χ4n) is 3.38. The number of carbonyl (C=O) groups excluding carboxylic acids is 1. The molecule has 1 amide bonds. The van der Waals surface area contributed by atoms with Crippen LogP contribution in [0.3, 0.4) is 0 Å². The number of aromatic nitrogens is 3. The third-order valence-electron chi connectivity index (χ3n) is 4.97. The first-order valence-electron chi connectivity index (χ1n) is 10.3. The summed E-state index contributed by atoms with van der Waals surface area (Å²) in [6.07, 6.45) is 0. The van der Waals surface area contributed by atoms with Gasteiger partial charge in [0.25, 0.3) is 5.91 Å². The second-order valence-corrected chi connectivity index (χ2v) is 7.14. The van der Waals surface area contributed by atoms with Gasteiger partial charge in [-0.2, -0.15) is 4.98 Å². The number of rotatable bonds is 6. The van der Waals surface area contributed by atoms with Crippen molar-refractivity contribution in [1.29, 1.82) is 0 Å². The zero-order valence-corrected chi connectivity index (χ0v) is 17.6. The molecule has 0 atom stereocenters. The smallest absolute Gasteiger partial charge is 0.336 e. The first-order chi connectivity index (χ1) is 16.1. The molecule has 0 saturated carbocycles. The minimum Gasteiger partial charge on any atom is -0.463 e. The number of ether oxygens (including phenoxy) is 3. The van der Waals surface area contributed by atoms with Gasteiger partial charge < -0.3 is 19.5 Å². The predicted molar refractivity (Wildman–Crippen MR) is 118 cm³/mol. The summed E-state index contributed by atoms with van der Waals surface area (Å²) >= 11 is 0. The third-order valence-corrected chi connectivity index (χ3v) is 4.97. The van der Waals surface area contributed by atoms with Crippen molar-refractivity contribution in [2.24, 2.45) is 0 Å². The van der Waals surface area contributed by atoms with Crippen molar-refractivity contribution < 1.29 is 23.4 Å². The number of halogens is 1. The molecule has 1 aromatic heterocycles. The van der Waals surface area contributed by atoms with E-state index < -0.39 is 0 Å². The van der Waals surface area contributed by atoms with E-state index in [1.165, 1.54) is 12.1 Å². The molecular formula is C24H19FN4O4. The number of anilines is 1. The highest BCUT2D eigenvalue weighted by Crippen LogP contribution is 2.32. The lowest BCUT2D eigenvalue weighted by Gasteiger charge is -2.09. The number of benzene rings is 3. The van der Waals surface area contributed by atoms with Crippen LogP contribution in [0, 0.1) is 5.82 Å². The summed E-state index contributed by atoms with van der Waals surface area (Å²) in [5.41, 5.74) is 2.46. The fourth-order valence-corrected chi connectivity index (χ4v) is 3.38. The molecule has 0 spiro atoms. The SMILES string of the molecule is CCOc1nc(-c2ccc(F)cc2)n(-c2ccc(NC(=O)c3ccc4c(c3)OCO4)cc2)n1. The van der Waals surface area contributed by atoms with Crippen LogP contribution in [0.1, 0.15) is 17.3 Å². The lowest BCUT2D eigenvalue weighted by atomic mass is 10.2. The van der Waals surface area contributed by atoms with E-state index >= 15 is 0 Å². The number of fused-ring (bicyclic) bond motifs is 1. The molecule has 5 rings (SSSR count). The van der Waals surface area contributed by atoms with Crippen LogP contribution < -0.4 is 19.5 Å². The van der Waals surface area contributed by atoms with Gasteiger partial charge in [-0.15, -0.1) is 5.10 Å². The minimum absolute atomic E-state index is 0.148. The first-order valence-corrected chi connectivity index (χ1v) is 10.3. The number of nitrogens with zero attached hydrogens (tertiary/aromatic N) is 3. The van der Waals surface area contributed by atoms with Crippen LogP contribution in [0.4, 0.5) is 10.1 Å². The number of nitrogens with one attached hydrogen (secondary N) is 1. The highest BCUT2D eigenvalue weighted by Gasteiger charge is 2.17. The summed E-state index contributed by atoms with van der Waals surface area (Å²) in [5.74, 6) is 1.06. The quantitative estimate of drug-likeness (QED) is 0.471. The van der Waals surface area contributed by atoms with Gasteiger partial charge >= 0.3 is 6.01 Å². The van der Waals surface area contributed by atoms with Crippen LogP contribution >= 0.6 is 0 Å². The summed E-state index contributed by atoms with van der Waals surface area (Å²) in [5, 5.41) is 7.28. The summed E-state index contributed by atoms with van der Waals surface area (Å²) in [4.78, 5) is 17.1. The van der Waals surface area contributed by atoms with Gasteiger partial charge in [-0.05, 0) is 73.7 Å². The van der Waals surface area contributed by atoms with Gasteiger partial charge in [-0.25, -0.2) is 9.07 Å². The third kappa shape index (κ3) is 4.20. The zero-order chi connectivity index (χ0) is 22.8. The van der Waals surface area contributed by atoms with E-state index in [9.17, 15) is 9.18 Å². The molecule has 166 valence electrons. The van der Waals surface area contributed by atoms with Crippen LogP contribution in [0.2, 0.25) is 0 Å². The molecule has 1 aliphatic rings. The molecular weight excluding hydrogens is 427 g/mol. The molecule has 9 heteroatoms. The van der Waals surface area contributed by atoms with E-state index in [2.05, 4.69) is 15.4 Å². The van der Waals surface area contributed by atoms with E-state index in [0.717, 1.165) is 0 Å². The number of hydrogen-bond donors (Lipinski definition) is 1. The van der Waals surface area contributed by atoms with Crippen LogP contribution in [0.25, 0.3) is 17.1 Å². The van der Waals surface area contributed by atoms with E-state index in [-0.39, 0.29) is 24.5 Å². The lowest BCUT2D eigenvalue weighted by molar-refractivity contribution is 0.102. The van der Waals surface area contributed by atoms with E-state index in [4.69, 9.17) is 14.2 Å². The molecule has 3 aromatic carbocycles. The molecule has 0 saturated heterocycles. The van der Waals surface area contributed by atoms with Gasteiger partial charge in [-0.1, -0.05) is 0 Å². The predicted octanol–water partition coefficient (Wildman–Crippen LogP) is 4.45. The lowest BCUT2D eigenvalue weighted by Crippen LogP contribution is -2.11. The Morgan fingerprint density at radius 3 is 2.58 bits per heavy atom. The normalized spacial score (nSPS) is 11.9. The first kappa shape index (κ1) is 20.5. The summed E-state index contributed by atoms with van der Waals surface area (Å²) in [6, 6.07) is 18.4. The van der Waals surface area contributed by atoms with Crippen molar-refractivity contribution >= 4 is 11.6 Å². The molecule has 0 bridgehead atoms. The molecule has 0 unspecified atom stereocenters. The van der Waals surface area contributed by atoms with Crippen molar-refractivity contribution in [3.63, 3.8) is 0 Å². The maximum Gasteiger partial charge on any atom is 0.336 e. The molecule has 8 nitrogen and oxygen atoms in total. The van der Waals surface area contributed by atoms with Crippen molar-refractivity contribution in [3.05, 3.63) is 78.1 Å². The van der Waals surface area contributed by atoms with Crippen molar-refractivity contribution in [3.8, 4) is 34.6 Å². The summed E-state index contributed by atoms with van der Waals surface area (Å²) < 4.78 is 31.0. The highest BCUT2D eigenvalue weighted by molar-refractivity contribution is 6.04. The van der Waals surface area contributed by atoms with Gasteiger partial charge in [0.2, 0.25) is 6.79 Å². The molecule has 0 fully saturated rings. The van der Waals surface area contributed by atoms with Crippen LogP contribution in [-0.2, 0) is 0 Å². The maximum absolute atomic E-state index is 13.4.